The molecule has 2 aromatic rings. The molecule has 1 amide bonds. The Kier molecular flexibility index (Phi) is 8.67. The molecule has 1 aliphatic rings. The van der Waals surface area contributed by atoms with Crippen molar-refractivity contribution >= 4 is 23.3 Å². The van der Waals surface area contributed by atoms with Crippen LogP contribution in [-0.4, -0.2) is 41.6 Å². The molecule has 0 spiro atoms. The zero-order valence-corrected chi connectivity index (χ0v) is 19.5. The van der Waals surface area contributed by atoms with Gasteiger partial charge in [0.25, 0.3) is 0 Å². The molecule has 1 aromatic heterocycles. The zero-order valence-electron chi connectivity index (χ0n) is 18.7. The highest BCUT2D eigenvalue weighted by Gasteiger charge is 2.24. The molecule has 7 heteroatoms. The molecular formula is C24H34ClN5O. The summed E-state index contributed by atoms with van der Waals surface area (Å²) in [6.45, 7) is 8.29. The van der Waals surface area contributed by atoms with Crippen LogP contribution in [0.1, 0.15) is 68.7 Å². The molecule has 1 unspecified atom stereocenters. The summed E-state index contributed by atoms with van der Waals surface area (Å²) in [7, 11) is 0. The topological polar surface area (TPSA) is 78.9 Å². The third-order valence-electron chi connectivity index (χ3n) is 6.18. The van der Waals surface area contributed by atoms with E-state index < -0.39 is 0 Å². The van der Waals surface area contributed by atoms with Crippen LogP contribution in [0, 0.1) is 0 Å². The van der Waals surface area contributed by atoms with Gasteiger partial charge in [-0.25, -0.2) is 9.97 Å². The number of aromatic nitrogens is 2. The minimum atomic E-state index is -0.263. The Morgan fingerprint density at radius 3 is 2.61 bits per heavy atom. The number of rotatable bonds is 11. The molecule has 0 saturated carbocycles. The lowest BCUT2D eigenvalue weighted by molar-refractivity contribution is -0.122. The number of nitrogens with zero attached hydrogens (tertiary/aromatic N) is 2. The van der Waals surface area contributed by atoms with Gasteiger partial charge in [-0.3, -0.25) is 4.79 Å². The van der Waals surface area contributed by atoms with Crippen LogP contribution in [0.2, 0.25) is 5.02 Å². The summed E-state index contributed by atoms with van der Waals surface area (Å²) < 4.78 is 0. The van der Waals surface area contributed by atoms with E-state index in [2.05, 4.69) is 46.7 Å². The number of fused-ring (bicyclic) bond motifs is 1. The lowest BCUT2D eigenvalue weighted by atomic mass is 9.97. The second-order valence-corrected chi connectivity index (χ2v) is 8.70. The fraction of sp³-hybridized carbons (Fsp3) is 0.542. The molecule has 3 N–H and O–H groups in total. The van der Waals surface area contributed by atoms with Gasteiger partial charge in [-0.1, -0.05) is 44.5 Å². The molecular weight excluding hydrogens is 410 g/mol. The summed E-state index contributed by atoms with van der Waals surface area (Å²) in [5.74, 6) is 1.12. The Morgan fingerprint density at radius 2 is 1.90 bits per heavy atom. The number of halogens is 1. The molecule has 0 aliphatic heterocycles. The van der Waals surface area contributed by atoms with E-state index in [1.54, 1.807) is 6.33 Å². The van der Waals surface area contributed by atoms with Crippen molar-refractivity contribution in [2.75, 3.05) is 25.0 Å². The smallest absolute Gasteiger partial charge is 0.228 e. The van der Waals surface area contributed by atoms with Crippen LogP contribution in [0.25, 0.3) is 0 Å². The normalized spacial score (nSPS) is 16.2. The van der Waals surface area contributed by atoms with E-state index in [4.69, 9.17) is 11.6 Å². The summed E-state index contributed by atoms with van der Waals surface area (Å²) in [5.41, 5.74) is 3.34. The Morgan fingerprint density at radius 1 is 1.16 bits per heavy atom. The van der Waals surface area contributed by atoms with E-state index in [0.717, 1.165) is 42.8 Å². The number of carbonyl (C=O) groups excluding carboxylic acids is 1. The van der Waals surface area contributed by atoms with Gasteiger partial charge < -0.3 is 16.0 Å². The van der Waals surface area contributed by atoms with Crippen molar-refractivity contribution < 1.29 is 4.79 Å². The van der Waals surface area contributed by atoms with Gasteiger partial charge >= 0.3 is 0 Å². The number of amides is 1. The minimum absolute atomic E-state index is 0.0175. The third-order valence-corrected chi connectivity index (χ3v) is 6.43. The van der Waals surface area contributed by atoms with Gasteiger partial charge in [0.05, 0.1) is 5.92 Å². The zero-order chi connectivity index (χ0) is 22.2. The highest BCUT2D eigenvalue weighted by Crippen LogP contribution is 2.35. The molecule has 0 radical (unpaired) electrons. The van der Waals surface area contributed by atoms with Gasteiger partial charge in [0, 0.05) is 42.0 Å². The van der Waals surface area contributed by atoms with Crippen LogP contribution in [0.4, 0.5) is 5.82 Å². The number of benzene rings is 1. The predicted molar refractivity (Wildman–Crippen MR) is 127 cm³/mol. The standard InChI is InChI=1S/C24H34ClN5O/c1-4-19(5-2)28-14-20(17-7-9-18(25)10-8-17)24(31)27-13-12-26-23-22-16(3)6-11-21(22)29-15-30-23/h7-10,15-16,19-20,28H,4-6,11-14H2,1-3H3,(H,27,31)(H,26,29,30)/t16-,20?/m1/s1. The monoisotopic (exact) mass is 443 g/mol. The first-order valence-electron chi connectivity index (χ1n) is 11.4. The first-order chi connectivity index (χ1) is 15.0. The maximum atomic E-state index is 13.0. The third kappa shape index (κ3) is 6.17. The Labute approximate surface area is 190 Å². The van der Waals surface area contributed by atoms with E-state index in [1.807, 2.05) is 24.3 Å². The average Bonchev–Trinajstić information content (AvgIpc) is 3.17. The minimum Gasteiger partial charge on any atom is -0.368 e. The summed E-state index contributed by atoms with van der Waals surface area (Å²) in [5, 5.41) is 10.7. The maximum absolute atomic E-state index is 13.0. The first-order valence-corrected chi connectivity index (χ1v) is 11.7. The van der Waals surface area contributed by atoms with Gasteiger partial charge in [-0.2, -0.15) is 0 Å². The molecule has 0 bridgehead atoms. The number of anilines is 1. The van der Waals surface area contributed by atoms with Gasteiger partial charge in [-0.05, 0) is 49.3 Å². The SMILES string of the molecule is CCC(CC)NCC(C(=O)NCCNc1ncnc2c1[C@H](C)CC2)c1ccc(Cl)cc1. The van der Waals surface area contributed by atoms with Crippen molar-refractivity contribution in [2.24, 2.45) is 0 Å². The molecule has 0 saturated heterocycles. The van der Waals surface area contributed by atoms with Gasteiger partial charge in [-0.15, -0.1) is 0 Å². The van der Waals surface area contributed by atoms with Crippen LogP contribution in [0.3, 0.4) is 0 Å². The van der Waals surface area contributed by atoms with Crippen molar-refractivity contribution in [1.82, 2.24) is 20.6 Å². The van der Waals surface area contributed by atoms with Crippen LogP contribution < -0.4 is 16.0 Å². The van der Waals surface area contributed by atoms with Crippen LogP contribution in [-0.2, 0) is 11.2 Å². The van der Waals surface area contributed by atoms with E-state index in [1.165, 1.54) is 5.56 Å². The van der Waals surface area contributed by atoms with Crippen molar-refractivity contribution in [3.63, 3.8) is 0 Å². The molecule has 1 heterocycles. The maximum Gasteiger partial charge on any atom is 0.228 e. The predicted octanol–water partition coefficient (Wildman–Crippen LogP) is 4.27. The summed E-state index contributed by atoms with van der Waals surface area (Å²) in [6, 6.07) is 7.96. The van der Waals surface area contributed by atoms with Crippen molar-refractivity contribution in [3.05, 3.63) is 52.4 Å². The van der Waals surface area contributed by atoms with Gasteiger partial charge in [0.2, 0.25) is 5.91 Å². The molecule has 1 aliphatic carbocycles. The number of nitrogens with one attached hydrogen (secondary N) is 3. The van der Waals surface area contributed by atoms with Crippen LogP contribution in [0.5, 0.6) is 0 Å². The molecule has 3 rings (SSSR count). The summed E-state index contributed by atoms with van der Waals surface area (Å²) in [6.07, 6.45) is 5.83. The van der Waals surface area contributed by atoms with E-state index in [9.17, 15) is 4.79 Å². The molecule has 168 valence electrons. The second kappa shape index (κ2) is 11.4. The van der Waals surface area contributed by atoms with Crippen molar-refractivity contribution in [1.29, 1.82) is 0 Å². The molecule has 0 fully saturated rings. The van der Waals surface area contributed by atoms with E-state index in [-0.39, 0.29) is 11.8 Å². The highest BCUT2D eigenvalue weighted by molar-refractivity contribution is 6.30. The largest absolute Gasteiger partial charge is 0.368 e. The summed E-state index contributed by atoms with van der Waals surface area (Å²) in [4.78, 5) is 21.9. The Bertz CT molecular complexity index is 854. The number of carbonyl (C=O) groups is 1. The van der Waals surface area contributed by atoms with Crippen molar-refractivity contribution in [3.8, 4) is 0 Å². The Hall–Kier alpha value is -2.18. The molecule has 31 heavy (non-hydrogen) atoms. The quantitative estimate of drug-likeness (QED) is 0.452. The lowest BCUT2D eigenvalue weighted by Gasteiger charge is -2.22. The van der Waals surface area contributed by atoms with Crippen LogP contribution >= 0.6 is 11.6 Å². The number of hydrogen-bond acceptors (Lipinski definition) is 5. The second-order valence-electron chi connectivity index (χ2n) is 8.27. The molecule has 2 atom stereocenters. The van der Waals surface area contributed by atoms with E-state index in [0.29, 0.717) is 36.6 Å². The fourth-order valence-corrected chi connectivity index (χ4v) is 4.32. The van der Waals surface area contributed by atoms with Crippen molar-refractivity contribution in [2.45, 2.75) is 64.3 Å². The number of aryl methyl sites for hydroxylation is 1. The molecule has 1 aromatic carbocycles. The highest BCUT2D eigenvalue weighted by atomic mass is 35.5. The fourth-order valence-electron chi connectivity index (χ4n) is 4.20. The van der Waals surface area contributed by atoms with Gasteiger partial charge in [0.1, 0.15) is 12.1 Å². The Balaban J connectivity index is 1.57. The summed E-state index contributed by atoms with van der Waals surface area (Å²) >= 11 is 6.04. The lowest BCUT2D eigenvalue weighted by Crippen LogP contribution is -2.40. The molecule has 6 nitrogen and oxygen atoms in total. The van der Waals surface area contributed by atoms with Crippen LogP contribution in [0.15, 0.2) is 30.6 Å². The number of hydrogen-bond donors (Lipinski definition) is 3. The van der Waals surface area contributed by atoms with E-state index >= 15 is 0 Å². The first kappa shape index (κ1) is 23.5. The average molecular weight is 444 g/mol. The van der Waals surface area contributed by atoms with Gasteiger partial charge in [0.15, 0.2) is 0 Å².